The van der Waals surface area contributed by atoms with Crippen LogP contribution in [-0.2, 0) is 10.0 Å². The van der Waals surface area contributed by atoms with Crippen molar-refractivity contribution in [1.29, 1.82) is 0 Å². The third-order valence-corrected chi connectivity index (χ3v) is 6.98. The Morgan fingerprint density at radius 3 is 2.39 bits per heavy atom. The molecular weight excluding hydrogens is 421 g/mol. The van der Waals surface area contributed by atoms with Gasteiger partial charge in [0.15, 0.2) is 0 Å². The molecule has 0 atom stereocenters. The molecule has 0 aliphatic rings. The molecule has 0 saturated heterocycles. The van der Waals surface area contributed by atoms with Gasteiger partial charge in [-0.1, -0.05) is 43.0 Å². The summed E-state index contributed by atoms with van der Waals surface area (Å²) in [5.41, 5.74) is 1.27. The number of fused-ring (bicyclic) bond motifs is 1. The summed E-state index contributed by atoms with van der Waals surface area (Å²) in [5, 5.41) is 5.32. The number of hydrogen-bond acceptors (Lipinski definition) is 5. The lowest BCUT2D eigenvalue weighted by Crippen LogP contribution is -2.33. The zero-order valence-electron chi connectivity index (χ0n) is 15.9. The summed E-state index contributed by atoms with van der Waals surface area (Å²) in [6.45, 7) is 5.88. The Balaban J connectivity index is 2.11. The van der Waals surface area contributed by atoms with Crippen molar-refractivity contribution in [2.24, 2.45) is 0 Å². The summed E-state index contributed by atoms with van der Waals surface area (Å²) < 4.78 is 29.3. The Morgan fingerprint density at radius 1 is 1.07 bits per heavy atom. The quantitative estimate of drug-likeness (QED) is 0.506. The Kier molecular flexibility index (Phi) is 6.12. The number of nitrogens with zero attached hydrogens (tertiary/aromatic N) is 5. The van der Waals surface area contributed by atoms with Gasteiger partial charge >= 0.3 is 0 Å². The second-order valence-electron chi connectivity index (χ2n) is 6.46. The standard InChI is InChI=1S/C18H21Cl2N5O2S/c1-4-5-6-11-24(28(26,27)15-9-7-14(19)8-10-15)18-22-17-21-12(2)16(20)13(3)25(17)23-18/h7-10H,4-6,11H2,1-3H3. The van der Waals surface area contributed by atoms with Gasteiger partial charge in [-0.2, -0.15) is 9.50 Å². The van der Waals surface area contributed by atoms with E-state index in [2.05, 4.69) is 22.0 Å². The molecule has 7 nitrogen and oxygen atoms in total. The van der Waals surface area contributed by atoms with E-state index in [0.717, 1.165) is 12.8 Å². The predicted molar refractivity (Wildman–Crippen MR) is 111 cm³/mol. The van der Waals surface area contributed by atoms with Crippen LogP contribution in [0.5, 0.6) is 0 Å². The minimum Gasteiger partial charge on any atom is -0.232 e. The zero-order chi connectivity index (χ0) is 20.5. The first-order chi connectivity index (χ1) is 13.3. The van der Waals surface area contributed by atoms with Crippen LogP contribution in [0.3, 0.4) is 0 Å². The van der Waals surface area contributed by atoms with Crippen LogP contribution in [0.15, 0.2) is 29.2 Å². The molecule has 3 aromatic rings. The number of hydrogen-bond donors (Lipinski definition) is 0. The molecule has 0 amide bonds. The molecule has 0 bridgehead atoms. The summed E-state index contributed by atoms with van der Waals surface area (Å²) in [5.74, 6) is 0.379. The Bertz CT molecular complexity index is 1100. The van der Waals surface area contributed by atoms with Gasteiger partial charge in [-0.3, -0.25) is 0 Å². The summed E-state index contributed by atoms with van der Waals surface area (Å²) >= 11 is 12.2. The fourth-order valence-corrected chi connectivity index (χ4v) is 4.46. The normalized spacial score (nSPS) is 11.9. The van der Waals surface area contributed by atoms with Crippen molar-refractivity contribution in [2.75, 3.05) is 10.8 Å². The topological polar surface area (TPSA) is 80.5 Å². The monoisotopic (exact) mass is 441 g/mol. The fourth-order valence-electron chi connectivity index (χ4n) is 2.82. The van der Waals surface area contributed by atoms with Crippen LogP contribution in [0, 0.1) is 13.8 Å². The number of aromatic nitrogens is 4. The predicted octanol–water partition coefficient (Wildman–Crippen LogP) is 4.43. The third kappa shape index (κ3) is 3.94. The second kappa shape index (κ2) is 8.23. The molecule has 2 aromatic heterocycles. The first-order valence-electron chi connectivity index (χ1n) is 8.93. The van der Waals surface area contributed by atoms with E-state index >= 15 is 0 Å². The Morgan fingerprint density at radius 2 is 1.75 bits per heavy atom. The molecule has 0 aliphatic carbocycles. The van der Waals surface area contributed by atoms with Gasteiger partial charge in [0.1, 0.15) is 0 Å². The average Bonchev–Trinajstić information content (AvgIpc) is 3.07. The maximum atomic E-state index is 13.3. The van der Waals surface area contributed by atoms with Crippen molar-refractivity contribution >= 4 is 45.0 Å². The maximum absolute atomic E-state index is 13.3. The lowest BCUT2D eigenvalue weighted by atomic mass is 10.2. The van der Waals surface area contributed by atoms with Crippen LogP contribution in [0.1, 0.15) is 37.6 Å². The van der Waals surface area contributed by atoms with E-state index in [4.69, 9.17) is 23.2 Å². The molecular formula is C18H21Cl2N5O2S. The van der Waals surface area contributed by atoms with Crippen molar-refractivity contribution in [2.45, 2.75) is 44.9 Å². The Hall–Kier alpha value is -1.90. The molecule has 3 rings (SSSR count). The molecule has 0 fully saturated rings. The van der Waals surface area contributed by atoms with Gasteiger partial charge in [0, 0.05) is 11.6 Å². The first kappa shape index (κ1) is 20.8. The number of aryl methyl sites for hydroxylation is 2. The molecule has 28 heavy (non-hydrogen) atoms. The molecule has 10 heteroatoms. The van der Waals surface area contributed by atoms with Crippen LogP contribution in [0.25, 0.3) is 5.78 Å². The van der Waals surface area contributed by atoms with E-state index in [1.54, 1.807) is 26.0 Å². The lowest BCUT2D eigenvalue weighted by molar-refractivity contribution is 0.585. The number of sulfonamides is 1. The van der Waals surface area contributed by atoms with Crippen molar-refractivity contribution in [3.63, 3.8) is 0 Å². The minimum atomic E-state index is -3.86. The zero-order valence-corrected chi connectivity index (χ0v) is 18.2. The maximum Gasteiger partial charge on any atom is 0.266 e. The van der Waals surface area contributed by atoms with E-state index in [1.807, 2.05) is 0 Å². The Labute approximate surface area is 174 Å². The molecule has 0 N–H and O–H groups in total. The molecule has 0 spiro atoms. The van der Waals surface area contributed by atoms with E-state index in [0.29, 0.717) is 33.6 Å². The highest BCUT2D eigenvalue weighted by Gasteiger charge is 2.28. The third-order valence-electron chi connectivity index (χ3n) is 4.39. The highest BCUT2D eigenvalue weighted by Crippen LogP contribution is 2.25. The van der Waals surface area contributed by atoms with Crippen LogP contribution in [-0.4, -0.2) is 34.5 Å². The van der Waals surface area contributed by atoms with Crippen molar-refractivity contribution in [3.05, 3.63) is 45.7 Å². The molecule has 0 aliphatic heterocycles. The van der Waals surface area contributed by atoms with Gasteiger partial charge < -0.3 is 0 Å². The van der Waals surface area contributed by atoms with Crippen molar-refractivity contribution in [1.82, 2.24) is 19.6 Å². The molecule has 0 unspecified atom stereocenters. The van der Waals surface area contributed by atoms with Gasteiger partial charge in [-0.25, -0.2) is 17.7 Å². The summed E-state index contributed by atoms with van der Waals surface area (Å²) in [4.78, 5) is 8.82. The first-order valence-corrected chi connectivity index (χ1v) is 11.1. The number of halogens is 2. The van der Waals surface area contributed by atoms with Gasteiger partial charge in [0.05, 0.1) is 21.3 Å². The van der Waals surface area contributed by atoms with Crippen LogP contribution < -0.4 is 4.31 Å². The van der Waals surface area contributed by atoms with Crippen LogP contribution in [0.4, 0.5) is 5.95 Å². The van der Waals surface area contributed by atoms with Crippen molar-refractivity contribution in [3.8, 4) is 0 Å². The number of benzene rings is 1. The van der Waals surface area contributed by atoms with E-state index in [1.165, 1.54) is 21.0 Å². The van der Waals surface area contributed by atoms with Crippen LogP contribution >= 0.6 is 23.2 Å². The van der Waals surface area contributed by atoms with Gasteiger partial charge in [-0.05, 0) is 44.5 Å². The second-order valence-corrected chi connectivity index (χ2v) is 9.14. The summed E-state index contributed by atoms with van der Waals surface area (Å²) in [6.07, 6.45) is 2.54. The number of anilines is 1. The molecule has 1 aromatic carbocycles. The lowest BCUT2D eigenvalue weighted by Gasteiger charge is -2.20. The molecule has 0 radical (unpaired) electrons. The summed E-state index contributed by atoms with van der Waals surface area (Å²) in [6, 6.07) is 6.05. The molecule has 150 valence electrons. The van der Waals surface area contributed by atoms with Gasteiger partial charge in [0.25, 0.3) is 21.7 Å². The van der Waals surface area contributed by atoms with Gasteiger partial charge in [-0.15, -0.1) is 5.10 Å². The van der Waals surface area contributed by atoms with Crippen LogP contribution in [0.2, 0.25) is 10.0 Å². The highest BCUT2D eigenvalue weighted by atomic mass is 35.5. The number of unbranched alkanes of at least 4 members (excludes halogenated alkanes) is 2. The summed E-state index contributed by atoms with van der Waals surface area (Å²) in [7, 11) is -3.86. The number of rotatable bonds is 7. The van der Waals surface area contributed by atoms with E-state index < -0.39 is 10.0 Å². The smallest absolute Gasteiger partial charge is 0.232 e. The minimum absolute atomic E-state index is 0.0725. The molecule has 2 heterocycles. The van der Waals surface area contributed by atoms with Gasteiger partial charge in [0.2, 0.25) is 0 Å². The average molecular weight is 442 g/mol. The SMILES string of the molecule is CCCCCN(c1nc2nc(C)c(Cl)c(C)n2n1)S(=O)(=O)c1ccc(Cl)cc1. The van der Waals surface area contributed by atoms with Crippen molar-refractivity contribution < 1.29 is 8.42 Å². The fraction of sp³-hybridized carbons (Fsp3) is 0.389. The highest BCUT2D eigenvalue weighted by molar-refractivity contribution is 7.92. The van der Waals surface area contributed by atoms with E-state index in [9.17, 15) is 8.42 Å². The molecule has 0 saturated carbocycles. The van der Waals surface area contributed by atoms with E-state index in [-0.39, 0.29) is 17.4 Å². The largest absolute Gasteiger partial charge is 0.266 e.